The van der Waals surface area contributed by atoms with E-state index < -0.39 is 0 Å². The number of benzene rings is 2. The Balaban J connectivity index is 1.48. The lowest BCUT2D eigenvalue weighted by atomic mass is 10.0. The third-order valence-electron chi connectivity index (χ3n) is 4.93. The molecule has 0 radical (unpaired) electrons. The third-order valence-corrected chi connectivity index (χ3v) is 4.93. The maximum absolute atomic E-state index is 12.6. The van der Waals surface area contributed by atoms with E-state index in [0.29, 0.717) is 11.6 Å². The van der Waals surface area contributed by atoms with Crippen LogP contribution in [0, 0.1) is 0 Å². The molecule has 1 aliphatic heterocycles. The first kappa shape index (κ1) is 18.0. The van der Waals surface area contributed by atoms with Gasteiger partial charge in [0.05, 0.1) is 0 Å². The lowest BCUT2D eigenvalue weighted by Crippen LogP contribution is -2.32. The first-order valence-electron chi connectivity index (χ1n) is 9.34. The molecule has 0 atom stereocenters. The summed E-state index contributed by atoms with van der Waals surface area (Å²) in [7, 11) is 3.96. The molecule has 0 spiro atoms. The fourth-order valence-corrected chi connectivity index (χ4v) is 3.33. The van der Waals surface area contributed by atoms with Gasteiger partial charge in [-0.15, -0.1) is 0 Å². The Hall–Kier alpha value is -3.41. The quantitative estimate of drug-likeness (QED) is 0.760. The molecule has 0 fully saturated rings. The van der Waals surface area contributed by atoms with Gasteiger partial charge >= 0.3 is 0 Å². The number of amides is 1. The molecule has 28 heavy (non-hydrogen) atoms. The third kappa shape index (κ3) is 3.81. The Morgan fingerprint density at radius 2 is 1.79 bits per heavy atom. The lowest BCUT2D eigenvalue weighted by Gasteiger charge is -2.28. The van der Waals surface area contributed by atoms with Gasteiger partial charge in [-0.05, 0) is 47.9 Å². The van der Waals surface area contributed by atoms with Crippen LogP contribution >= 0.6 is 0 Å². The zero-order valence-corrected chi connectivity index (χ0v) is 16.1. The van der Waals surface area contributed by atoms with Crippen LogP contribution in [0.25, 0.3) is 0 Å². The average Bonchev–Trinajstić information content (AvgIpc) is 2.74. The van der Waals surface area contributed by atoms with E-state index in [0.717, 1.165) is 30.9 Å². The molecular formula is C22H23N5O. The highest BCUT2D eigenvalue weighted by Gasteiger charge is 2.19. The minimum Gasteiger partial charge on any atom is -0.378 e. The molecule has 0 unspecified atom stereocenters. The number of hydrogen-bond acceptors (Lipinski definition) is 5. The van der Waals surface area contributed by atoms with Crippen molar-refractivity contribution in [2.75, 3.05) is 35.8 Å². The van der Waals surface area contributed by atoms with Gasteiger partial charge in [0.2, 0.25) is 5.95 Å². The Morgan fingerprint density at radius 3 is 2.54 bits per heavy atom. The molecule has 2 aromatic carbocycles. The van der Waals surface area contributed by atoms with Crippen LogP contribution in [0.15, 0.2) is 60.8 Å². The standard InChI is InChI=1S/C22H23N5O/c1-26(2)19-9-7-18(8-10-19)24-21(28)20-11-13-23-22(25-20)27-14-12-16-5-3-4-6-17(16)15-27/h3-11,13H,12,14-15H2,1-2H3,(H,24,28). The Labute approximate surface area is 164 Å². The maximum atomic E-state index is 12.6. The van der Waals surface area contributed by atoms with Gasteiger partial charge < -0.3 is 15.1 Å². The van der Waals surface area contributed by atoms with Crippen LogP contribution in [0.4, 0.5) is 17.3 Å². The fraction of sp³-hybridized carbons (Fsp3) is 0.227. The predicted octanol–water partition coefficient (Wildman–Crippen LogP) is 3.36. The molecule has 1 aliphatic rings. The fourth-order valence-electron chi connectivity index (χ4n) is 3.33. The second kappa shape index (κ2) is 7.68. The first-order chi connectivity index (χ1) is 13.6. The average molecular weight is 373 g/mol. The number of carbonyl (C=O) groups excluding carboxylic acids is 1. The van der Waals surface area contributed by atoms with Crippen molar-refractivity contribution >= 4 is 23.2 Å². The van der Waals surface area contributed by atoms with E-state index in [-0.39, 0.29) is 5.91 Å². The lowest BCUT2D eigenvalue weighted by molar-refractivity contribution is 0.102. The summed E-state index contributed by atoms with van der Waals surface area (Å²) in [5.41, 5.74) is 4.83. The summed E-state index contributed by atoms with van der Waals surface area (Å²) in [4.78, 5) is 25.7. The molecule has 0 aliphatic carbocycles. The van der Waals surface area contributed by atoms with E-state index in [4.69, 9.17) is 0 Å². The summed E-state index contributed by atoms with van der Waals surface area (Å²) in [6.07, 6.45) is 2.60. The Morgan fingerprint density at radius 1 is 1.04 bits per heavy atom. The molecular weight excluding hydrogens is 350 g/mol. The summed E-state index contributed by atoms with van der Waals surface area (Å²) >= 11 is 0. The van der Waals surface area contributed by atoms with Crippen molar-refractivity contribution in [3.8, 4) is 0 Å². The number of fused-ring (bicyclic) bond motifs is 1. The topological polar surface area (TPSA) is 61.4 Å². The number of rotatable bonds is 4. The first-order valence-corrected chi connectivity index (χ1v) is 9.34. The number of aromatic nitrogens is 2. The van der Waals surface area contributed by atoms with Gasteiger partial charge in [-0.1, -0.05) is 24.3 Å². The highest BCUT2D eigenvalue weighted by atomic mass is 16.1. The van der Waals surface area contributed by atoms with E-state index in [2.05, 4.69) is 44.5 Å². The smallest absolute Gasteiger partial charge is 0.274 e. The molecule has 0 saturated carbocycles. The molecule has 1 N–H and O–H groups in total. The summed E-state index contributed by atoms with van der Waals surface area (Å²) in [6, 6.07) is 17.8. The zero-order valence-electron chi connectivity index (χ0n) is 16.1. The van der Waals surface area contributed by atoms with Gasteiger partial charge in [-0.2, -0.15) is 0 Å². The van der Waals surface area contributed by atoms with Crippen molar-refractivity contribution in [1.82, 2.24) is 9.97 Å². The van der Waals surface area contributed by atoms with E-state index in [1.165, 1.54) is 11.1 Å². The molecule has 3 aromatic rings. The van der Waals surface area contributed by atoms with Crippen molar-refractivity contribution in [1.29, 1.82) is 0 Å². The molecule has 0 saturated heterocycles. The zero-order chi connectivity index (χ0) is 19.5. The molecule has 0 bridgehead atoms. The Bertz CT molecular complexity index is 984. The van der Waals surface area contributed by atoms with Gasteiger partial charge in [0, 0.05) is 44.8 Å². The SMILES string of the molecule is CN(C)c1ccc(NC(=O)c2ccnc(N3CCc4ccccc4C3)n2)cc1. The molecule has 4 rings (SSSR count). The van der Waals surface area contributed by atoms with Crippen molar-refractivity contribution in [2.45, 2.75) is 13.0 Å². The van der Waals surface area contributed by atoms with Gasteiger partial charge in [0.15, 0.2) is 0 Å². The van der Waals surface area contributed by atoms with Crippen LogP contribution in [-0.4, -0.2) is 36.5 Å². The van der Waals surface area contributed by atoms with Gasteiger partial charge in [-0.3, -0.25) is 4.79 Å². The van der Waals surface area contributed by atoms with Crippen LogP contribution in [0.1, 0.15) is 21.6 Å². The number of carbonyl (C=O) groups is 1. The van der Waals surface area contributed by atoms with Crippen LogP contribution in [0.3, 0.4) is 0 Å². The molecule has 6 nitrogen and oxygen atoms in total. The molecule has 6 heteroatoms. The van der Waals surface area contributed by atoms with Crippen molar-refractivity contribution in [2.24, 2.45) is 0 Å². The largest absolute Gasteiger partial charge is 0.378 e. The summed E-state index contributed by atoms with van der Waals surface area (Å²) in [5, 5.41) is 2.90. The highest BCUT2D eigenvalue weighted by molar-refractivity contribution is 6.03. The van der Waals surface area contributed by atoms with Gasteiger partial charge in [-0.25, -0.2) is 9.97 Å². The monoisotopic (exact) mass is 373 g/mol. The molecule has 1 amide bonds. The van der Waals surface area contributed by atoms with Crippen LogP contribution in [-0.2, 0) is 13.0 Å². The normalized spacial score (nSPS) is 13.0. The minimum atomic E-state index is -0.237. The van der Waals surface area contributed by atoms with Crippen molar-refractivity contribution < 1.29 is 4.79 Å². The maximum Gasteiger partial charge on any atom is 0.274 e. The number of anilines is 3. The summed E-state index contributed by atoms with van der Waals surface area (Å²) < 4.78 is 0. The summed E-state index contributed by atoms with van der Waals surface area (Å²) in [6.45, 7) is 1.60. The van der Waals surface area contributed by atoms with E-state index >= 15 is 0 Å². The van der Waals surface area contributed by atoms with Crippen molar-refractivity contribution in [3.05, 3.63) is 77.6 Å². The van der Waals surface area contributed by atoms with E-state index in [9.17, 15) is 4.79 Å². The highest BCUT2D eigenvalue weighted by Crippen LogP contribution is 2.22. The van der Waals surface area contributed by atoms with E-state index in [1.54, 1.807) is 12.3 Å². The second-order valence-electron chi connectivity index (χ2n) is 7.08. The van der Waals surface area contributed by atoms with Gasteiger partial charge in [0.1, 0.15) is 5.69 Å². The number of nitrogens with zero attached hydrogens (tertiary/aromatic N) is 4. The van der Waals surface area contributed by atoms with Crippen LogP contribution in [0.2, 0.25) is 0 Å². The number of hydrogen-bond donors (Lipinski definition) is 1. The predicted molar refractivity (Wildman–Crippen MR) is 112 cm³/mol. The molecule has 2 heterocycles. The van der Waals surface area contributed by atoms with Gasteiger partial charge in [0.25, 0.3) is 5.91 Å². The van der Waals surface area contributed by atoms with Crippen LogP contribution in [0.5, 0.6) is 0 Å². The second-order valence-corrected chi connectivity index (χ2v) is 7.08. The minimum absolute atomic E-state index is 0.237. The van der Waals surface area contributed by atoms with Crippen LogP contribution < -0.4 is 15.1 Å². The molecule has 142 valence electrons. The molecule has 1 aromatic heterocycles. The van der Waals surface area contributed by atoms with Crippen molar-refractivity contribution in [3.63, 3.8) is 0 Å². The van der Waals surface area contributed by atoms with E-state index in [1.807, 2.05) is 43.3 Å². The number of nitrogens with one attached hydrogen (secondary N) is 1. The summed E-state index contributed by atoms with van der Waals surface area (Å²) in [5.74, 6) is 0.351. The Kier molecular flexibility index (Phi) is 4.93.